The van der Waals surface area contributed by atoms with Crippen molar-refractivity contribution >= 4 is 0 Å². The SMILES string of the molecule is CCN(Cc1ccccc1CCNC)C1CCCC1. The fourth-order valence-corrected chi connectivity index (χ4v) is 3.20. The van der Waals surface area contributed by atoms with Gasteiger partial charge in [-0.05, 0) is 50.5 Å². The fraction of sp³-hybridized carbons (Fsp3) is 0.647. The van der Waals surface area contributed by atoms with Gasteiger partial charge in [-0.25, -0.2) is 0 Å². The lowest BCUT2D eigenvalue weighted by molar-refractivity contribution is 0.200. The van der Waals surface area contributed by atoms with E-state index in [0.717, 1.165) is 25.6 Å². The third-order valence-electron chi connectivity index (χ3n) is 4.38. The van der Waals surface area contributed by atoms with Gasteiger partial charge in [0.15, 0.2) is 0 Å². The second-order valence-corrected chi connectivity index (χ2v) is 5.62. The first kappa shape index (κ1) is 14.5. The number of hydrogen-bond acceptors (Lipinski definition) is 2. The van der Waals surface area contributed by atoms with E-state index in [0.29, 0.717) is 0 Å². The number of nitrogens with zero attached hydrogens (tertiary/aromatic N) is 1. The zero-order valence-electron chi connectivity index (χ0n) is 12.5. The van der Waals surface area contributed by atoms with Gasteiger partial charge < -0.3 is 5.32 Å². The summed E-state index contributed by atoms with van der Waals surface area (Å²) in [5.74, 6) is 0. The molecule has 1 saturated carbocycles. The average molecular weight is 260 g/mol. The van der Waals surface area contributed by atoms with Gasteiger partial charge in [0.05, 0.1) is 0 Å². The monoisotopic (exact) mass is 260 g/mol. The minimum Gasteiger partial charge on any atom is -0.319 e. The second kappa shape index (κ2) is 7.66. The number of likely N-dealkylation sites (N-methyl/N-ethyl adjacent to an activating group) is 1. The Bertz CT molecular complexity index is 369. The highest BCUT2D eigenvalue weighted by molar-refractivity contribution is 5.27. The summed E-state index contributed by atoms with van der Waals surface area (Å²) in [6.07, 6.45) is 6.76. The molecule has 2 rings (SSSR count). The van der Waals surface area contributed by atoms with Gasteiger partial charge in [-0.1, -0.05) is 44.0 Å². The van der Waals surface area contributed by atoms with Gasteiger partial charge in [-0.3, -0.25) is 4.90 Å². The molecule has 0 bridgehead atoms. The lowest BCUT2D eigenvalue weighted by atomic mass is 10.0. The van der Waals surface area contributed by atoms with Gasteiger partial charge in [-0.2, -0.15) is 0 Å². The molecule has 0 radical (unpaired) electrons. The Kier molecular flexibility index (Phi) is 5.87. The van der Waals surface area contributed by atoms with Crippen LogP contribution in [-0.4, -0.2) is 31.1 Å². The molecule has 0 unspecified atom stereocenters. The largest absolute Gasteiger partial charge is 0.319 e. The molecule has 1 aromatic rings. The van der Waals surface area contributed by atoms with Crippen molar-refractivity contribution in [2.45, 2.75) is 51.6 Å². The van der Waals surface area contributed by atoms with Crippen molar-refractivity contribution < 1.29 is 0 Å². The fourth-order valence-electron chi connectivity index (χ4n) is 3.20. The summed E-state index contributed by atoms with van der Waals surface area (Å²) < 4.78 is 0. The second-order valence-electron chi connectivity index (χ2n) is 5.62. The van der Waals surface area contributed by atoms with Gasteiger partial charge in [0, 0.05) is 12.6 Å². The molecular formula is C17H28N2. The molecule has 0 heterocycles. The zero-order chi connectivity index (χ0) is 13.5. The van der Waals surface area contributed by atoms with Crippen LogP contribution in [-0.2, 0) is 13.0 Å². The van der Waals surface area contributed by atoms with Crippen molar-refractivity contribution in [1.29, 1.82) is 0 Å². The van der Waals surface area contributed by atoms with Crippen LogP contribution in [0.4, 0.5) is 0 Å². The molecule has 0 spiro atoms. The van der Waals surface area contributed by atoms with Crippen LogP contribution >= 0.6 is 0 Å². The highest BCUT2D eigenvalue weighted by atomic mass is 15.1. The summed E-state index contributed by atoms with van der Waals surface area (Å²) in [5.41, 5.74) is 3.03. The summed E-state index contributed by atoms with van der Waals surface area (Å²) in [5, 5.41) is 3.25. The van der Waals surface area contributed by atoms with Crippen LogP contribution in [0, 0.1) is 0 Å². The molecule has 0 atom stereocenters. The molecule has 1 aromatic carbocycles. The first-order chi connectivity index (χ1) is 9.35. The number of rotatable bonds is 7. The van der Waals surface area contributed by atoms with E-state index in [4.69, 9.17) is 0 Å². The van der Waals surface area contributed by atoms with Crippen molar-refractivity contribution in [3.8, 4) is 0 Å². The standard InChI is InChI=1S/C17H28N2/c1-3-19(17-10-6-7-11-17)14-16-9-5-4-8-15(16)12-13-18-2/h4-5,8-9,17-18H,3,6-7,10-14H2,1-2H3. The highest BCUT2D eigenvalue weighted by Gasteiger charge is 2.21. The summed E-state index contributed by atoms with van der Waals surface area (Å²) in [4.78, 5) is 2.67. The Morgan fingerprint density at radius 3 is 2.47 bits per heavy atom. The zero-order valence-corrected chi connectivity index (χ0v) is 12.5. The normalized spacial score (nSPS) is 16.4. The van der Waals surface area contributed by atoms with E-state index in [1.807, 2.05) is 7.05 Å². The molecular weight excluding hydrogens is 232 g/mol. The number of benzene rings is 1. The van der Waals surface area contributed by atoms with Crippen LogP contribution in [0.1, 0.15) is 43.7 Å². The van der Waals surface area contributed by atoms with Gasteiger partial charge in [0.25, 0.3) is 0 Å². The van der Waals surface area contributed by atoms with Gasteiger partial charge >= 0.3 is 0 Å². The first-order valence-corrected chi connectivity index (χ1v) is 7.80. The van der Waals surface area contributed by atoms with E-state index in [2.05, 4.69) is 41.4 Å². The first-order valence-electron chi connectivity index (χ1n) is 7.80. The third-order valence-corrected chi connectivity index (χ3v) is 4.38. The van der Waals surface area contributed by atoms with Crippen LogP contribution in [0.25, 0.3) is 0 Å². The van der Waals surface area contributed by atoms with Crippen LogP contribution in [0.2, 0.25) is 0 Å². The molecule has 0 saturated heterocycles. The van der Waals surface area contributed by atoms with E-state index in [-0.39, 0.29) is 0 Å². The quantitative estimate of drug-likeness (QED) is 0.810. The Hall–Kier alpha value is -0.860. The summed E-state index contributed by atoms with van der Waals surface area (Å²) >= 11 is 0. The molecule has 2 nitrogen and oxygen atoms in total. The minimum absolute atomic E-state index is 0.822. The topological polar surface area (TPSA) is 15.3 Å². The van der Waals surface area contributed by atoms with Crippen LogP contribution < -0.4 is 5.32 Å². The summed E-state index contributed by atoms with van der Waals surface area (Å²) in [6, 6.07) is 9.76. The molecule has 1 N–H and O–H groups in total. The molecule has 1 fully saturated rings. The molecule has 1 aliphatic carbocycles. The molecule has 19 heavy (non-hydrogen) atoms. The van der Waals surface area contributed by atoms with Crippen LogP contribution in [0.3, 0.4) is 0 Å². The average Bonchev–Trinajstić information content (AvgIpc) is 2.97. The molecule has 0 amide bonds. The number of hydrogen-bond donors (Lipinski definition) is 1. The van der Waals surface area contributed by atoms with Gasteiger partial charge in [0.2, 0.25) is 0 Å². The Morgan fingerprint density at radius 1 is 1.16 bits per heavy atom. The molecule has 0 aromatic heterocycles. The molecule has 1 aliphatic rings. The molecule has 106 valence electrons. The number of nitrogens with one attached hydrogen (secondary N) is 1. The predicted octanol–water partition coefficient (Wildman–Crippen LogP) is 3.21. The van der Waals surface area contributed by atoms with E-state index in [1.165, 1.54) is 43.4 Å². The van der Waals surface area contributed by atoms with Gasteiger partial charge in [0.1, 0.15) is 0 Å². The van der Waals surface area contributed by atoms with E-state index < -0.39 is 0 Å². The smallest absolute Gasteiger partial charge is 0.0239 e. The molecule has 0 aliphatic heterocycles. The Labute approximate surface area is 118 Å². The molecule has 2 heteroatoms. The Balaban J connectivity index is 2.03. The summed E-state index contributed by atoms with van der Waals surface area (Å²) in [7, 11) is 2.03. The lowest BCUT2D eigenvalue weighted by Gasteiger charge is -2.28. The van der Waals surface area contributed by atoms with E-state index >= 15 is 0 Å². The van der Waals surface area contributed by atoms with Crippen molar-refractivity contribution in [3.05, 3.63) is 35.4 Å². The highest BCUT2D eigenvalue weighted by Crippen LogP contribution is 2.25. The predicted molar refractivity (Wildman–Crippen MR) is 82.4 cm³/mol. The van der Waals surface area contributed by atoms with Crippen LogP contribution in [0.5, 0.6) is 0 Å². The van der Waals surface area contributed by atoms with Crippen LogP contribution in [0.15, 0.2) is 24.3 Å². The van der Waals surface area contributed by atoms with Crippen molar-refractivity contribution in [2.24, 2.45) is 0 Å². The Morgan fingerprint density at radius 2 is 1.84 bits per heavy atom. The van der Waals surface area contributed by atoms with Crippen molar-refractivity contribution in [2.75, 3.05) is 20.1 Å². The van der Waals surface area contributed by atoms with E-state index in [9.17, 15) is 0 Å². The van der Waals surface area contributed by atoms with Crippen molar-refractivity contribution in [3.63, 3.8) is 0 Å². The van der Waals surface area contributed by atoms with Crippen molar-refractivity contribution in [1.82, 2.24) is 10.2 Å². The maximum Gasteiger partial charge on any atom is 0.0239 e. The third kappa shape index (κ3) is 4.05. The maximum atomic E-state index is 3.25. The summed E-state index contributed by atoms with van der Waals surface area (Å²) in [6.45, 7) is 5.66. The lowest BCUT2D eigenvalue weighted by Crippen LogP contribution is -2.32. The maximum absolute atomic E-state index is 3.25. The minimum atomic E-state index is 0.822. The van der Waals surface area contributed by atoms with E-state index in [1.54, 1.807) is 0 Å². The van der Waals surface area contributed by atoms with Gasteiger partial charge in [-0.15, -0.1) is 0 Å².